The van der Waals surface area contributed by atoms with Crippen LogP contribution in [-0.4, -0.2) is 39.4 Å². The molecule has 0 fully saturated rings. The molecule has 0 aliphatic carbocycles. The fourth-order valence-electron chi connectivity index (χ4n) is 1.26. The van der Waals surface area contributed by atoms with Crippen molar-refractivity contribution in [2.75, 3.05) is 25.4 Å². The van der Waals surface area contributed by atoms with Crippen molar-refractivity contribution in [1.29, 1.82) is 0 Å². The van der Waals surface area contributed by atoms with Gasteiger partial charge >= 0.3 is 16.2 Å². The fourth-order valence-corrected chi connectivity index (χ4v) is 2.17. The van der Waals surface area contributed by atoms with Crippen LogP contribution < -0.4 is 4.72 Å². The van der Waals surface area contributed by atoms with E-state index < -0.39 is 27.8 Å². The van der Waals surface area contributed by atoms with E-state index in [9.17, 15) is 22.0 Å². The molecule has 0 heterocycles. The molecule has 0 spiro atoms. The zero-order chi connectivity index (χ0) is 15.3. The number of nitrogens with one attached hydrogen (secondary N) is 1. The maximum absolute atomic E-state index is 13.0. The highest BCUT2D eigenvalue weighted by atomic mass is 32.2. The van der Waals surface area contributed by atoms with Crippen LogP contribution in [0.1, 0.15) is 6.42 Å². The van der Waals surface area contributed by atoms with Crippen LogP contribution in [0.5, 0.6) is 0 Å². The van der Waals surface area contributed by atoms with Crippen molar-refractivity contribution >= 4 is 21.9 Å². The SMILES string of the molecule is COC(=O)CCN(C)S(=O)(=O)Nc1ccc(F)c(F)c1. The maximum atomic E-state index is 13.0. The molecule has 0 aromatic heterocycles. The number of esters is 1. The Balaban J connectivity index is 2.73. The smallest absolute Gasteiger partial charge is 0.306 e. The van der Waals surface area contributed by atoms with Gasteiger partial charge in [0, 0.05) is 19.7 Å². The molecule has 9 heteroatoms. The topological polar surface area (TPSA) is 75.7 Å². The van der Waals surface area contributed by atoms with Crippen LogP contribution in [-0.2, 0) is 19.7 Å². The van der Waals surface area contributed by atoms with Crippen molar-refractivity contribution in [3.8, 4) is 0 Å². The van der Waals surface area contributed by atoms with E-state index in [4.69, 9.17) is 0 Å². The molecule has 0 saturated heterocycles. The predicted molar refractivity (Wildman–Crippen MR) is 68.2 cm³/mol. The summed E-state index contributed by atoms with van der Waals surface area (Å²) in [7, 11) is -1.53. The first-order valence-corrected chi connectivity index (χ1v) is 6.96. The summed E-state index contributed by atoms with van der Waals surface area (Å²) < 4.78 is 56.7. The number of nitrogens with zero attached hydrogens (tertiary/aromatic N) is 1. The molecule has 6 nitrogen and oxygen atoms in total. The molecule has 0 unspecified atom stereocenters. The largest absolute Gasteiger partial charge is 0.469 e. The van der Waals surface area contributed by atoms with Crippen molar-refractivity contribution < 1.29 is 26.7 Å². The molecule has 0 amide bonds. The van der Waals surface area contributed by atoms with E-state index in [1.807, 2.05) is 0 Å². The second kappa shape index (κ2) is 6.62. The molecule has 20 heavy (non-hydrogen) atoms. The summed E-state index contributed by atoms with van der Waals surface area (Å²) >= 11 is 0. The quantitative estimate of drug-likeness (QED) is 0.799. The van der Waals surface area contributed by atoms with Gasteiger partial charge in [-0.25, -0.2) is 8.78 Å². The van der Waals surface area contributed by atoms with Crippen LogP contribution in [0.2, 0.25) is 0 Å². The molecule has 0 radical (unpaired) electrons. The van der Waals surface area contributed by atoms with Gasteiger partial charge in [-0.1, -0.05) is 0 Å². The van der Waals surface area contributed by atoms with Gasteiger partial charge in [0.1, 0.15) is 0 Å². The van der Waals surface area contributed by atoms with Gasteiger partial charge in [0.15, 0.2) is 11.6 Å². The summed E-state index contributed by atoms with van der Waals surface area (Å²) in [5.74, 6) is -2.80. The number of hydrogen-bond donors (Lipinski definition) is 1. The fraction of sp³-hybridized carbons (Fsp3) is 0.364. The Hall–Kier alpha value is -1.74. The summed E-state index contributed by atoms with van der Waals surface area (Å²) in [6.45, 7) is -0.105. The van der Waals surface area contributed by atoms with Gasteiger partial charge < -0.3 is 4.74 Å². The van der Waals surface area contributed by atoms with E-state index in [0.717, 1.165) is 22.5 Å². The first-order chi connectivity index (χ1) is 9.26. The third kappa shape index (κ3) is 4.42. The molecule has 0 saturated carbocycles. The lowest BCUT2D eigenvalue weighted by atomic mass is 10.3. The third-order valence-electron chi connectivity index (χ3n) is 2.44. The zero-order valence-electron chi connectivity index (χ0n) is 10.9. The van der Waals surface area contributed by atoms with E-state index in [-0.39, 0.29) is 18.7 Å². The Morgan fingerprint density at radius 2 is 2.00 bits per heavy atom. The highest BCUT2D eigenvalue weighted by Crippen LogP contribution is 2.15. The molecule has 0 aliphatic heterocycles. The summed E-state index contributed by atoms with van der Waals surface area (Å²) in [6.07, 6.45) is -0.119. The third-order valence-corrected chi connectivity index (χ3v) is 3.93. The first kappa shape index (κ1) is 16.3. The number of benzene rings is 1. The predicted octanol–water partition coefficient (Wildman–Crippen LogP) is 1.12. The molecule has 1 aromatic rings. The molecule has 112 valence electrons. The molecular weight excluding hydrogens is 294 g/mol. The van der Waals surface area contributed by atoms with Crippen LogP contribution >= 0.6 is 0 Å². The second-order valence-corrected chi connectivity index (χ2v) is 5.66. The first-order valence-electron chi connectivity index (χ1n) is 5.52. The highest BCUT2D eigenvalue weighted by Gasteiger charge is 2.19. The van der Waals surface area contributed by atoms with E-state index in [2.05, 4.69) is 9.46 Å². The van der Waals surface area contributed by atoms with Crippen molar-refractivity contribution in [1.82, 2.24) is 4.31 Å². The zero-order valence-corrected chi connectivity index (χ0v) is 11.7. The van der Waals surface area contributed by atoms with Crippen molar-refractivity contribution in [3.63, 3.8) is 0 Å². The van der Waals surface area contributed by atoms with Gasteiger partial charge in [-0.2, -0.15) is 12.7 Å². The molecule has 0 aliphatic rings. The second-order valence-electron chi connectivity index (χ2n) is 3.88. The Labute approximate surface area is 115 Å². The van der Waals surface area contributed by atoms with Crippen LogP contribution in [0.15, 0.2) is 18.2 Å². The van der Waals surface area contributed by atoms with Crippen molar-refractivity contribution in [2.45, 2.75) is 6.42 Å². The number of halogens is 2. The molecule has 1 N–H and O–H groups in total. The van der Waals surface area contributed by atoms with Crippen molar-refractivity contribution in [2.24, 2.45) is 0 Å². The highest BCUT2D eigenvalue weighted by molar-refractivity contribution is 7.90. The molecule has 0 atom stereocenters. The average molecular weight is 308 g/mol. The maximum Gasteiger partial charge on any atom is 0.306 e. The Kier molecular flexibility index (Phi) is 5.40. The van der Waals surface area contributed by atoms with Gasteiger partial charge in [-0.15, -0.1) is 0 Å². The lowest BCUT2D eigenvalue weighted by Crippen LogP contribution is -2.34. The normalized spacial score (nSPS) is 11.4. The van der Waals surface area contributed by atoms with Crippen LogP contribution in [0, 0.1) is 11.6 Å². The van der Waals surface area contributed by atoms with Gasteiger partial charge in [0.2, 0.25) is 0 Å². The van der Waals surface area contributed by atoms with Crippen LogP contribution in [0.25, 0.3) is 0 Å². The summed E-state index contributed by atoms with van der Waals surface area (Å²) in [4.78, 5) is 10.9. The Bertz CT molecular complexity index is 592. The van der Waals surface area contributed by atoms with Gasteiger partial charge in [0.25, 0.3) is 0 Å². The molecule has 0 bridgehead atoms. The van der Waals surface area contributed by atoms with E-state index >= 15 is 0 Å². The number of hydrogen-bond acceptors (Lipinski definition) is 4. The lowest BCUT2D eigenvalue weighted by Gasteiger charge is -2.17. The molecule has 1 aromatic carbocycles. The minimum absolute atomic E-state index is 0.105. The van der Waals surface area contributed by atoms with Gasteiger partial charge in [-0.05, 0) is 12.1 Å². The number of ether oxygens (including phenoxy) is 1. The lowest BCUT2D eigenvalue weighted by molar-refractivity contribution is -0.140. The monoisotopic (exact) mass is 308 g/mol. The molecule has 1 rings (SSSR count). The number of anilines is 1. The van der Waals surface area contributed by atoms with Crippen LogP contribution in [0.4, 0.5) is 14.5 Å². The number of carbonyl (C=O) groups is 1. The van der Waals surface area contributed by atoms with Gasteiger partial charge in [-0.3, -0.25) is 9.52 Å². The minimum Gasteiger partial charge on any atom is -0.469 e. The average Bonchev–Trinajstić information content (AvgIpc) is 2.39. The number of carbonyl (C=O) groups excluding carboxylic acids is 1. The number of rotatable bonds is 6. The minimum atomic E-state index is -3.96. The summed E-state index contributed by atoms with van der Waals surface area (Å²) in [5, 5.41) is 0. The summed E-state index contributed by atoms with van der Waals surface area (Å²) in [6, 6.07) is 2.62. The van der Waals surface area contributed by atoms with Gasteiger partial charge in [0.05, 0.1) is 19.2 Å². The Morgan fingerprint density at radius 1 is 1.35 bits per heavy atom. The summed E-state index contributed by atoms with van der Waals surface area (Å²) in [5.41, 5.74) is -0.117. The van der Waals surface area contributed by atoms with E-state index in [0.29, 0.717) is 0 Å². The van der Waals surface area contributed by atoms with E-state index in [1.54, 1.807) is 0 Å². The van der Waals surface area contributed by atoms with Crippen molar-refractivity contribution in [3.05, 3.63) is 29.8 Å². The standard InChI is InChI=1S/C11H14F2N2O4S/c1-15(6-5-11(16)19-2)20(17,18)14-8-3-4-9(12)10(13)7-8/h3-4,7,14H,5-6H2,1-2H3. The van der Waals surface area contributed by atoms with Crippen LogP contribution in [0.3, 0.4) is 0 Å². The Morgan fingerprint density at radius 3 is 2.55 bits per heavy atom. The molecular formula is C11H14F2N2O4S. The number of methoxy groups -OCH3 is 1. The van der Waals surface area contributed by atoms with E-state index in [1.165, 1.54) is 14.2 Å².